The molecule has 32 heavy (non-hydrogen) atoms. The molecule has 0 bridgehead atoms. The van der Waals surface area contributed by atoms with Crippen molar-refractivity contribution < 1.29 is 24.6 Å². The van der Waals surface area contributed by atoms with Crippen molar-refractivity contribution in [3.05, 3.63) is 59.7 Å². The van der Waals surface area contributed by atoms with E-state index in [4.69, 9.17) is 4.74 Å². The van der Waals surface area contributed by atoms with Gasteiger partial charge in [0.05, 0.1) is 0 Å². The van der Waals surface area contributed by atoms with Crippen LogP contribution in [0, 0.1) is 0 Å². The van der Waals surface area contributed by atoms with E-state index in [1.807, 2.05) is 36.4 Å². The van der Waals surface area contributed by atoms with E-state index in [9.17, 15) is 19.9 Å². The van der Waals surface area contributed by atoms with Crippen LogP contribution in [-0.2, 0) is 9.53 Å². The van der Waals surface area contributed by atoms with Gasteiger partial charge in [-0.05, 0) is 49.9 Å². The Labute approximate surface area is 188 Å². The Morgan fingerprint density at radius 2 is 1.44 bits per heavy atom. The number of benzene rings is 2. The molecule has 0 radical (unpaired) electrons. The molecule has 0 aromatic heterocycles. The van der Waals surface area contributed by atoms with Crippen LogP contribution in [0.4, 0.5) is 4.79 Å². The highest BCUT2D eigenvalue weighted by Crippen LogP contribution is 2.45. The van der Waals surface area contributed by atoms with Gasteiger partial charge in [-0.1, -0.05) is 48.5 Å². The molecule has 1 saturated heterocycles. The molecule has 0 saturated carbocycles. The van der Waals surface area contributed by atoms with Crippen molar-refractivity contribution in [2.24, 2.45) is 0 Å². The maximum Gasteiger partial charge on any atom is 0.408 e. The van der Waals surface area contributed by atoms with Crippen molar-refractivity contribution in [2.45, 2.75) is 63.1 Å². The lowest BCUT2D eigenvalue weighted by molar-refractivity contribution is -0.255. The number of nitrogens with zero attached hydrogens (tertiary/aromatic N) is 1. The van der Waals surface area contributed by atoms with Crippen molar-refractivity contribution in [2.75, 3.05) is 6.61 Å². The van der Waals surface area contributed by atoms with Crippen LogP contribution in [0.1, 0.15) is 57.6 Å². The Morgan fingerprint density at radius 3 is 1.91 bits per heavy atom. The molecule has 1 heterocycles. The molecule has 2 aromatic carbocycles. The second kappa shape index (κ2) is 7.60. The lowest BCUT2D eigenvalue weighted by Gasteiger charge is -2.54. The van der Waals surface area contributed by atoms with Gasteiger partial charge in [-0.3, -0.25) is 0 Å². The zero-order valence-electron chi connectivity index (χ0n) is 18.9. The predicted octanol–water partition coefficient (Wildman–Crippen LogP) is 4.39. The number of hydrogen-bond acceptors (Lipinski definition) is 5. The maximum absolute atomic E-state index is 12.8. The van der Waals surface area contributed by atoms with E-state index in [0.717, 1.165) is 22.3 Å². The van der Waals surface area contributed by atoms with Gasteiger partial charge in [-0.25, -0.2) is 9.59 Å². The summed E-state index contributed by atoms with van der Waals surface area (Å²) in [4.78, 5) is 25.1. The summed E-state index contributed by atoms with van der Waals surface area (Å²) in [6, 6.07) is 16.1. The third-order valence-electron chi connectivity index (χ3n) is 6.71. The quantitative estimate of drug-likeness (QED) is 0.611. The molecule has 1 aliphatic carbocycles. The van der Waals surface area contributed by atoms with Gasteiger partial charge in [-0.2, -0.15) is 5.06 Å². The van der Waals surface area contributed by atoms with E-state index in [-0.39, 0.29) is 25.4 Å². The Morgan fingerprint density at radius 1 is 0.969 bits per heavy atom. The smallest absolute Gasteiger partial charge is 0.408 e. The molecule has 3 N–H and O–H groups in total. The number of hydrogen-bond donors (Lipinski definition) is 3. The van der Waals surface area contributed by atoms with E-state index in [1.165, 1.54) is 5.06 Å². The van der Waals surface area contributed by atoms with Crippen LogP contribution in [0.15, 0.2) is 48.5 Å². The molecule has 2 aliphatic rings. The van der Waals surface area contributed by atoms with Gasteiger partial charge < -0.3 is 20.4 Å². The van der Waals surface area contributed by atoms with Crippen LogP contribution in [0.5, 0.6) is 0 Å². The summed E-state index contributed by atoms with van der Waals surface area (Å²) in [5.74, 6) is -1.25. The number of fused-ring (bicyclic) bond motifs is 3. The summed E-state index contributed by atoms with van der Waals surface area (Å²) in [7, 11) is 0. The third kappa shape index (κ3) is 3.65. The largest absolute Gasteiger partial charge is 0.480 e. The average molecular weight is 440 g/mol. The normalized spacial score (nSPS) is 20.8. The van der Waals surface area contributed by atoms with Crippen LogP contribution in [0.2, 0.25) is 0 Å². The van der Waals surface area contributed by atoms with Crippen molar-refractivity contribution in [3.63, 3.8) is 0 Å². The highest BCUT2D eigenvalue weighted by Gasteiger charge is 2.57. The zero-order chi connectivity index (χ0) is 23.3. The lowest BCUT2D eigenvalue weighted by Crippen LogP contribution is -2.71. The van der Waals surface area contributed by atoms with Crippen molar-refractivity contribution in [3.8, 4) is 11.1 Å². The van der Waals surface area contributed by atoms with Crippen LogP contribution >= 0.6 is 0 Å². The number of ether oxygens (including phenoxy) is 1. The van der Waals surface area contributed by atoms with Gasteiger partial charge in [0.2, 0.25) is 0 Å². The second-order valence-corrected chi connectivity index (χ2v) is 10.1. The third-order valence-corrected chi connectivity index (χ3v) is 6.71. The number of carbonyl (C=O) groups excluding carboxylic acids is 1. The molecule has 2 aromatic rings. The van der Waals surface area contributed by atoms with Crippen LogP contribution in [0.25, 0.3) is 11.1 Å². The van der Waals surface area contributed by atoms with Crippen LogP contribution < -0.4 is 5.32 Å². The standard InChI is InChI=1S/C25H30N2O5/c1-23(2)14-25(21(28)29,15-24(3,4)27(23)31)26-22(30)32-13-20-18-11-7-5-9-16(18)17-10-6-8-12-19(17)20/h5-12,20,31H,13-15H2,1-4H3,(H,26,30)(H,28,29)/i27+1. The van der Waals surface area contributed by atoms with Gasteiger partial charge >= 0.3 is 12.1 Å². The minimum atomic E-state index is -1.55. The number of amides is 1. The van der Waals surface area contributed by atoms with Gasteiger partial charge in [0, 0.05) is 29.8 Å². The van der Waals surface area contributed by atoms with Gasteiger partial charge in [-0.15, -0.1) is 0 Å². The Hall–Kier alpha value is -2.90. The molecule has 1 amide bonds. The first-order chi connectivity index (χ1) is 15.0. The maximum atomic E-state index is 12.8. The summed E-state index contributed by atoms with van der Waals surface area (Å²) in [6.45, 7) is 7.13. The Bertz CT molecular complexity index is 998. The summed E-state index contributed by atoms with van der Waals surface area (Å²) in [6.07, 6.45) is -0.689. The average Bonchev–Trinajstić information content (AvgIpc) is 3.04. The van der Waals surface area contributed by atoms with Crippen LogP contribution in [0.3, 0.4) is 0 Å². The van der Waals surface area contributed by atoms with Crippen molar-refractivity contribution in [1.29, 1.82) is 0 Å². The Balaban J connectivity index is 1.53. The van der Waals surface area contributed by atoms with E-state index < -0.39 is 28.7 Å². The molecule has 4 rings (SSSR count). The fourth-order valence-corrected chi connectivity index (χ4v) is 5.63. The predicted molar refractivity (Wildman–Crippen MR) is 120 cm³/mol. The number of carboxylic acids is 1. The van der Waals surface area contributed by atoms with Gasteiger partial charge in [0.15, 0.2) is 0 Å². The summed E-state index contributed by atoms with van der Waals surface area (Å²) in [5.41, 5.74) is 1.17. The van der Waals surface area contributed by atoms with E-state index in [1.54, 1.807) is 27.7 Å². The number of carboxylic acid groups (broad SMARTS) is 1. The molecule has 170 valence electrons. The molecule has 7 nitrogen and oxygen atoms in total. The van der Waals surface area contributed by atoms with Gasteiger partial charge in [0.25, 0.3) is 0 Å². The van der Waals surface area contributed by atoms with Crippen LogP contribution in [-0.4, -0.2) is 50.7 Å². The molecule has 0 unspecified atom stereocenters. The van der Waals surface area contributed by atoms with E-state index in [2.05, 4.69) is 17.4 Å². The van der Waals surface area contributed by atoms with Crippen molar-refractivity contribution >= 4 is 12.1 Å². The number of aliphatic carboxylic acids is 1. The number of rotatable bonds is 4. The molecule has 0 spiro atoms. The lowest BCUT2D eigenvalue weighted by atomic mass is 9.73. The first-order valence-electron chi connectivity index (χ1n) is 10.8. The highest BCUT2D eigenvalue weighted by molar-refractivity contribution is 5.85. The molecule has 1 aliphatic heterocycles. The van der Waals surface area contributed by atoms with Gasteiger partial charge in [0.1, 0.15) is 12.1 Å². The topological polar surface area (TPSA) is 99.1 Å². The summed E-state index contributed by atoms with van der Waals surface area (Å²) >= 11 is 0. The minimum Gasteiger partial charge on any atom is -0.480 e. The number of alkyl carbamates (subject to hydrolysis) is 1. The number of hydroxylamine groups is 2. The van der Waals surface area contributed by atoms with Crippen molar-refractivity contribution in [1.82, 2.24) is 10.4 Å². The molecular formula is C25H30N2O5. The minimum absolute atomic E-state index is 0.0411. The Kier molecular flexibility index (Phi) is 5.30. The second-order valence-electron chi connectivity index (χ2n) is 10.1. The summed E-state index contributed by atoms with van der Waals surface area (Å²) in [5, 5.41) is 24.4. The number of nitrogens with one attached hydrogen (secondary N) is 1. The molecule has 0 atom stereocenters. The fourth-order valence-electron chi connectivity index (χ4n) is 5.63. The monoisotopic (exact) mass is 439 g/mol. The number of piperidine rings is 1. The highest BCUT2D eigenvalue weighted by atomic mass is 16.8. The van der Waals surface area contributed by atoms with E-state index in [0.29, 0.717) is 0 Å². The fraction of sp³-hybridized carbons (Fsp3) is 0.440. The molecule has 1 fully saturated rings. The SMILES string of the molecule is CC1(C)CC(NC(=O)OCC2c3ccccc3-c3ccccc32)(C(=O)O)CC(C)(C)[15N]1O. The molecular weight excluding hydrogens is 409 g/mol. The first kappa shape index (κ1) is 22.3. The van der Waals surface area contributed by atoms with E-state index >= 15 is 0 Å². The summed E-state index contributed by atoms with van der Waals surface area (Å²) < 4.78 is 5.59. The molecule has 7 heteroatoms. The zero-order valence-corrected chi connectivity index (χ0v) is 18.9. The first-order valence-corrected chi connectivity index (χ1v) is 10.8. The number of carbonyl (C=O) groups is 2.